The summed E-state index contributed by atoms with van der Waals surface area (Å²) < 4.78 is 5.29. The van der Waals surface area contributed by atoms with E-state index in [2.05, 4.69) is 9.88 Å². The van der Waals surface area contributed by atoms with Crippen molar-refractivity contribution in [1.29, 1.82) is 0 Å². The van der Waals surface area contributed by atoms with E-state index in [1.807, 2.05) is 6.92 Å². The third-order valence-electron chi connectivity index (χ3n) is 2.70. The van der Waals surface area contributed by atoms with E-state index in [4.69, 9.17) is 9.84 Å². The van der Waals surface area contributed by atoms with Crippen LogP contribution in [0.3, 0.4) is 0 Å². The molecule has 1 aromatic heterocycles. The Morgan fingerprint density at radius 2 is 2.24 bits per heavy atom. The molecule has 2 heterocycles. The molecule has 0 bridgehead atoms. The molecule has 0 radical (unpaired) electrons. The summed E-state index contributed by atoms with van der Waals surface area (Å²) in [5.74, 6) is -0.795. The molecule has 5 nitrogen and oxygen atoms in total. The summed E-state index contributed by atoms with van der Waals surface area (Å²) in [6.45, 7) is 5.11. The number of hydrogen-bond donors (Lipinski definition) is 1. The van der Waals surface area contributed by atoms with Crippen molar-refractivity contribution in [2.75, 3.05) is 31.2 Å². The first-order valence-electron chi connectivity index (χ1n) is 5.73. The van der Waals surface area contributed by atoms with Gasteiger partial charge >= 0.3 is 5.97 Å². The maximum absolute atomic E-state index is 10.8. The molecule has 0 amide bonds. The van der Waals surface area contributed by atoms with Gasteiger partial charge in [0.05, 0.1) is 25.3 Å². The van der Waals surface area contributed by atoms with Crippen LogP contribution in [-0.4, -0.2) is 42.4 Å². The summed E-state index contributed by atoms with van der Waals surface area (Å²) in [5.41, 5.74) is 0.916. The molecular weight excluding hydrogens is 240 g/mol. The quantitative estimate of drug-likeness (QED) is 0.876. The van der Waals surface area contributed by atoms with Crippen LogP contribution < -0.4 is 4.90 Å². The van der Waals surface area contributed by atoms with Crippen LogP contribution >= 0.6 is 11.3 Å². The summed E-state index contributed by atoms with van der Waals surface area (Å²) >= 11 is 1.50. The second kappa shape index (κ2) is 5.46. The van der Waals surface area contributed by atoms with Crippen LogP contribution in [0, 0.1) is 0 Å². The number of aromatic nitrogens is 1. The minimum Gasteiger partial charge on any atom is -0.481 e. The van der Waals surface area contributed by atoms with Crippen LogP contribution in [0.5, 0.6) is 0 Å². The fourth-order valence-corrected chi connectivity index (χ4v) is 3.00. The fraction of sp³-hybridized carbons (Fsp3) is 0.636. The Morgan fingerprint density at radius 1 is 1.53 bits per heavy atom. The summed E-state index contributed by atoms with van der Waals surface area (Å²) in [6, 6.07) is 0. The highest BCUT2D eigenvalue weighted by Gasteiger charge is 2.18. The van der Waals surface area contributed by atoms with E-state index in [0.717, 1.165) is 48.4 Å². The van der Waals surface area contributed by atoms with E-state index in [9.17, 15) is 4.79 Å². The second-order valence-corrected chi connectivity index (χ2v) is 4.95. The van der Waals surface area contributed by atoms with Gasteiger partial charge in [-0.05, 0) is 6.42 Å². The normalized spacial score (nSPS) is 16.2. The number of aliphatic carboxylic acids is 1. The largest absolute Gasteiger partial charge is 0.481 e. The lowest BCUT2D eigenvalue weighted by Gasteiger charge is -2.26. The van der Waals surface area contributed by atoms with Gasteiger partial charge in [0.1, 0.15) is 0 Å². The molecule has 0 saturated carbocycles. The van der Waals surface area contributed by atoms with Gasteiger partial charge in [-0.25, -0.2) is 4.98 Å². The van der Waals surface area contributed by atoms with Crippen molar-refractivity contribution in [3.8, 4) is 0 Å². The lowest BCUT2D eigenvalue weighted by Crippen LogP contribution is -2.36. The van der Waals surface area contributed by atoms with Crippen molar-refractivity contribution in [2.24, 2.45) is 0 Å². The van der Waals surface area contributed by atoms with E-state index < -0.39 is 5.97 Å². The van der Waals surface area contributed by atoms with Crippen molar-refractivity contribution >= 4 is 22.4 Å². The van der Waals surface area contributed by atoms with Gasteiger partial charge in [-0.3, -0.25) is 4.79 Å². The highest BCUT2D eigenvalue weighted by molar-refractivity contribution is 7.15. The van der Waals surface area contributed by atoms with Crippen molar-refractivity contribution in [1.82, 2.24) is 4.98 Å². The van der Waals surface area contributed by atoms with Gasteiger partial charge in [0.25, 0.3) is 0 Å². The standard InChI is InChI=1S/C11H16N2O3S/c1-2-8-9(7-10(14)15)17-11(12-8)13-3-5-16-6-4-13/h2-7H2,1H3,(H,14,15). The number of carboxylic acid groups (broad SMARTS) is 1. The number of carbonyl (C=O) groups is 1. The minimum atomic E-state index is -0.795. The lowest BCUT2D eigenvalue weighted by molar-refractivity contribution is -0.136. The summed E-state index contributed by atoms with van der Waals surface area (Å²) in [4.78, 5) is 18.3. The Labute approximate surface area is 104 Å². The van der Waals surface area contributed by atoms with Gasteiger partial charge in [0.2, 0.25) is 0 Å². The predicted molar refractivity (Wildman–Crippen MR) is 65.9 cm³/mol. The third kappa shape index (κ3) is 2.95. The smallest absolute Gasteiger partial charge is 0.308 e. The first-order chi connectivity index (χ1) is 8.20. The number of rotatable bonds is 4. The number of anilines is 1. The van der Waals surface area contributed by atoms with Crippen LogP contribution in [0.25, 0.3) is 0 Å². The molecule has 0 spiro atoms. The Balaban J connectivity index is 2.17. The Bertz CT molecular complexity index is 399. The number of morpholine rings is 1. The van der Waals surface area contributed by atoms with E-state index in [-0.39, 0.29) is 6.42 Å². The van der Waals surface area contributed by atoms with Gasteiger partial charge in [-0.1, -0.05) is 6.92 Å². The molecule has 1 saturated heterocycles. The highest BCUT2D eigenvalue weighted by atomic mass is 32.1. The Kier molecular flexibility index (Phi) is 3.96. The molecule has 0 atom stereocenters. The third-order valence-corrected chi connectivity index (χ3v) is 3.85. The Hall–Kier alpha value is -1.14. The van der Waals surface area contributed by atoms with E-state index >= 15 is 0 Å². The number of nitrogens with zero attached hydrogens (tertiary/aromatic N) is 2. The number of hydrogen-bond acceptors (Lipinski definition) is 5. The van der Waals surface area contributed by atoms with Crippen LogP contribution in [0.1, 0.15) is 17.5 Å². The van der Waals surface area contributed by atoms with E-state index in [1.165, 1.54) is 11.3 Å². The zero-order valence-corrected chi connectivity index (χ0v) is 10.6. The molecule has 1 N–H and O–H groups in total. The van der Waals surface area contributed by atoms with Gasteiger partial charge in [-0.2, -0.15) is 0 Å². The van der Waals surface area contributed by atoms with E-state index in [0.29, 0.717) is 0 Å². The van der Waals surface area contributed by atoms with Crippen molar-refractivity contribution in [3.63, 3.8) is 0 Å². The average Bonchev–Trinajstić information content (AvgIpc) is 2.72. The van der Waals surface area contributed by atoms with Gasteiger partial charge in [0, 0.05) is 18.0 Å². The molecule has 0 aliphatic carbocycles. The van der Waals surface area contributed by atoms with Gasteiger partial charge in [0.15, 0.2) is 5.13 Å². The molecule has 1 aliphatic rings. The molecule has 94 valence electrons. The maximum Gasteiger partial charge on any atom is 0.308 e. The molecule has 1 aromatic rings. The fourth-order valence-electron chi connectivity index (χ4n) is 1.81. The SMILES string of the molecule is CCc1nc(N2CCOCC2)sc1CC(=O)O. The Morgan fingerprint density at radius 3 is 2.82 bits per heavy atom. The molecule has 2 rings (SSSR count). The highest BCUT2D eigenvalue weighted by Crippen LogP contribution is 2.27. The topological polar surface area (TPSA) is 62.7 Å². The lowest BCUT2D eigenvalue weighted by atomic mass is 10.2. The number of carboxylic acids is 1. The second-order valence-electron chi connectivity index (χ2n) is 3.89. The first-order valence-corrected chi connectivity index (χ1v) is 6.55. The van der Waals surface area contributed by atoms with Crippen LogP contribution in [0.2, 0.25) is 0 Å². The summed E-state index contributed by atoms with van der Waals surface area (Å²) in [5, 5.41) is 9.78. The minimum absolute atomic E-state index is 0.0746. The number of thiazole rings is 1. The molecule has 1 aliphatic heterocycles. The zero-order valence-electron chi connectivity index (χ0n) is 9.81. The molecule has 0 unspecified atom stereocenters. The molecular formula is C11H16N2O3S. The predicted octanol–water partition coefficient (Wildman–Crippen LogP) is 1.17. The number of ether oxygens (including phenoxy) is 1. The molecule has 0 aromatic carbocycles. The maximum atomic E-state index is 10.8. The molecule has 6 heteroatoms. The van der Waals surface area contributed by atoms with Crippen LogP contribution in [0.15, 0.2) is 0 Å². The van der Waals surface area contributed by atoms with Crippen LogP contribution in [0.4, 0.5) is 5.13 Å². The van der Waals surface area contributed by atoms with Crippen molar-refractivity contribution in [3.05, 3.63) is 10.6 Å². The average molecular weight is 256 g/mol. The van der Waals surface area contributed by atoms with Gasteiger partial charge < -0.3 is 14.7 Å². The van der Waals surface area contributed by atoms with Gasteiger partial charge in [-0.15, -0.1) is 11.3 Å². The number of aryl methyl sites for hydroxylation is 1. The van der Waals surface area contributed by atoms with Crippen molar-refractivity contribution < 1.29 is 14.6 Å². The molecule has 17 heavy (non-hydrogen) atoms. The summed E-state index contributed by atoms with van der Waals surface area (Å²) in [7, 11) is 0. The summed E-state index contributed by atoms with van der Waals surface area (Å²) in [6.07, 6.45) is 0.856. The first kappa shape index (κ1) is 12.3. The monoisotopic (exact) mass is 256 g/mol. The van der Waals surface area contributed by atoms with E-state index in [1.54, 1.807) is 0 Å². The molecule has 1 fully saturated rings. The van der Waals surface area contributed by atoms with Crippen molar-refractivity contribution in [2.45, 2.75) is 19.8 Å². The zero-order chi connectivity index (χ0) is 12.3. The van der Waals surface area contributed by atoms with Crippen LogP contribution in [-0.2, 0) is 22.4 Å².